The summed E-state index contributed by atoms with van der Waals surface area (Å²) in [7, 11) is 0. The standard InChI is InChI=1S/C22H18N4O3.2C2HF3O2/c27-22(17-7-1-4-15-5-2-10-24-21(15)17)26-11-8-20-18(13-26)19(25-29-20)14-28-16-6-3-9-23-12-16;2*3-2(4,5)1(6)7/h1-7,9-10,12H,8,11,13-14H2;2*(H,6,7). The van der Waals surface area contributed by atoms with E-state index in [0.29, 0.717) is 36.5 Å². The molecule has 4 aromatic rings. The average molecular weight is 614 g/mol. The first-order valence-electron chi connectivity index (χ1n) is 11.9. The van der Waals surface area contributed by atoms with Crippen molar-refractivity contribution in [3.63, 3.8) is 0 Å². The van der Waals surface area contributed by atoms with Gasteiger partial charge in [-0.15, -0.1) is 0 Å². The lowest BCUT2D eigenvalue weighted by Gasteiger charge is -2.26. The minimum Gasteiger partial charge on any atom is -0.486 e. The number of carboxylic acid groups (broad SMARTS) is 2. The summed E-state index contributed by atoms with van der Waals surface area (Å²) in [6.07, 6.45) is -4.49. The SMILES string of the molecule is O=C(O)C(F)(F)F.O=C(O)C(F)(F)F.O=C(c1cccc2cccnc12)N1CCc2onc(COc3cccnc3)c2C1. The molecule has 17 heteroatoms. The summed E-state index contributed by atoms with van der Waals surface area (Å²) in [5.41, 5.74) is 2.95. The average Bonchev–Trinajstić information content (AvgIpc) is 3.38. The number of rotatable bonds is 4. The molecule has 4 heterocycles. The monoisotopic (exact) mass is 614 g/mol. The third kappa shape index (κ3) is 8.88. The second-order valence-electron chi connectivity index (χ2n) is 8.47. The first kappa shape index (κ1) is 32.3. The number of halogens is 6. The molecule has 43 heavy (non-hydrogen) atoms. The lowest BCUT2D eigenvalue weighted by molar-refractivity contribution is -0.193. The molecule has 11 nitrogen and oxygen atoms in total. The second-order valence-corrected chi connectivity index (χ2v) is 8.47. The molecule has 0 spiro atoms. The Hall–Kier alpha value is -5.22. The number of aromatic nitrogens is 3. The molecule has 0 saturated heterocycles. The largest absolute Gasteiger partial charge is 0.490 e. The van der Waals surface area contributed by atoms with Gasteiger partial charge in [-0.05, 0) is 24.3 Å². The molecule has 5 rings (SSSR count). The van der Waals surface area contributed by atoms with E-state index in [0.717, 1.165) is 22.2 Å². The van der Waals surface area contributed by atoms with E-state index < -0.39 is 24.3 Å². The van der Waals surface area contributed by atoms with Crippen LogP contribution in [0.1, 0.15) is 27.4 Å². The molecular formula is C26H20F6N4O7. The molecule has 0 bridgehead atoms. The number of pyridine rings is 2. The first-order chi connectivity index (χ1) is 20.2. The van der Waals surface area contributed by atoms with Gasteiger partial charge < -0.3 is 24.4 Å². The first-order valence-corrected chi connectivity index (χ1v) is 11.9. The van der Waals surface area contributed by atoms with Gasteiger partial charge in [0.25, 0.3) is 5.91 Å². The molecule has 1 aliphatic heterocycles. The van der Waals surface area contributed by atoms with E-state index in [1.807, 2.05) is 47.4 Å². The van der Waals surface area contributed by atoms with Crippen LogP contribution in [0.4, 0.5) is 26.3 Å². The molecule has 0 fully saturated rings. The van der Waals surface area contributed by atoms with Gasteiger partial charge >= 0.3 is 24.3 Å². The van der Waals surface area contributed by atoms with Crippen molar-refractivity contribution in [2.45, 2.75) is 31.9 Å². The van der Waals surface area contributed by atoms with Crippen LogP contribution in [0, 0.1) is 0 Å². The van der Waals surface area contributed by atoms with Crippen molar-refractivity contribution in [3.8, 4) is 5.75 Å². The minimum atomic E-state index is -5.08. The Kier molecular flexibility index (Phi) is 10.2. The zero-order valence-corrected chi connectivity index (χ0v) is 21.6. The lowest BCUT2D eigenvalue weighted by atomic mass is 10.0. The van der Waals surface area contributed by atoms with Gasteiger partial charge in [0.2, 0.25) is 0 Å². The fourth-order valence-corrected chi connectivity index (χ4v) is 3.58. The highest BCUT2D eigenvalue weighted by Crippen LogP contribution is 2.26. The fourth-order valence-electron chi connectivity index (χ4n) is 3.58. The number of amides is 1. The number of para-hydroxylation sites is 1. The Bertz CT molecular complexity index is 1550. The predicted molar refractivity (Wildman–Crippen MR) is 133 cm³/mol. The predicted octanol–water partition coefficient (Wildman–Crippen LogP) is 4.66. The molecule has 0 atom stereocenters. The van der Waals surface area contributed by atoms with Gasteiger partial charge in [-0.25, -0.2) is 9.59 Å². The molecule has 0 radical (unpaired) electrons. The van der Waals surface area contributed by atoms with Gasteiger partial charge in [0, 0.05) is 36.3 Å². The topological polar surface area (TPSA) is 156 Å². The van der Waals surface area contributed by atoms with Gasteiger partial charge in [-0.3, -0.25) is 14.8 Å². The van der Waals surface area contributed by atoms with Crippen molar-refractivity contribution in [3.05, 3.63) is 83.6 Å². The maximum atomic E-state index is 13.2. The van der Waals surface area contributed by atoms with E-state index >= 15 is 0 Å². The third-order valence-corrected chi connectivity index (χ3v) is 5.55. The molecule has 1 aromatic carbocycles. The van der Waals surface area contributed by atoms with Crippen LogP contribution in [0.2, 0.25) is 0 Å². The van der Waals surface area contributed by atoms with Crippen LogP contribution < -0.4 is 4.74 Å². The highest BCUT2D eigenvalue weighted by Gasteiger charge is 2.39. The van der Waals surface area contributed by atoms with Crippen molar-refractivity contribution < 1.29 is 60.2 Å². The highest BCUT2D eigenvalue weighted by molar-refractivity contribution is 6.05. The summed E-state index contributed by atoms with van der Waals surface area (Å²) < 4.78 is 74.7. The van der Waals surface area contributed by atoms with Crippen LogP contribution in [0.3, 0.4) is 0 Å². The lowest BCUT2D eigenvalue weighted by Crippen LogP contribution is -2.36. The summed E-state index contributed by atoms with van der Waals surface area (Å²) >= 11 is 0. The Morgan fingerprint density at radius 1 is 0.930 bits per heavy atom. The summed E-state index contributed by atoms with van der Waals surface area (Å²) in [6.45, 7) is 1.28. The van der Waals surface area contributed by atoms with Crippen molar-refractivity contribution >= 4 is 28.7 Å². The Labute approximate surface area is 237 Å². The van der Waals surface area contributed by atoms with Crippen molar-refractivity contribution in [2.75, 3.05) is 6.54 Å². The van der Waals surface area contributed by atoms with Gasteiger partial charge in [0.15, 0.2) is 0 Å². The van der Waals surface area contributed by atoms with E-state index in [9.17, 15) is 31.1 Å². The fraction of sp³-hybridized carbons (Fsp3) is 0.231. The molecule has 0 saturated carbocycles. The Morgan fingerprint density at radius 3 is 2.16 bits per heavy atom. The summed E-state index contributed by atoms with van der Waals surface area (Å²) in [5, 5.41) is 19.4. The van der Waals surface area contributed by atoms with Crippen LogP contribution in [0.5, 0.6) is 5.75 Å². The highest BCUT2D eigenvalue weighted by atomic mass is 19.4. The number of alkyl halides is 6. The number of fused-ring (bicyclic) bond motifs is 2. The number of nitrogens with zero attached hydrogens (tertiary/aromatic N) is 4. The number of benzene rings is 1. The molecule has 1 amide bonds. The third-order valence-electron chi connectivity index (χ3n) is 5.55. The quantitative estimate of drug-likeness (QED) is 0.310. The van der Waals surface area contributed by atoms with E-state index in [2.05, 4.69) is 15.1 Å². The maximum Gasteiger partial charge on any atom is 0.490 e. The number of carbonyl (C=O) groups is 3. The molecule has 3 aromatic heterocycles. The van der Waals surface area contributed by atoms with Crippen LogP contribution in [-0.4, -0.2) is 67.0 Å². The van der Waals surface area contributed by atoms with E-state index in [-0.39, 0.29) is 12.5 Å². The summed E-state index contributed by atoms with van der Waals surface area (Å²) in [6, 6.07) is 13.2. The number of carbonyl (C=O) groups excluding carboxylic acids is 1. The molecule has 2 N–H and O–H groups in total. The van der Waals surface area contributed by atoms with Crippen molar-refractivity contribution in [1.82, 2.24) is 20.0 Å². The Balaban J connectivity index is 0.000000303. The van der Waals surface area contributed by atoms with Crippen molar-refractivity contribution in [1.29, 1.82) is 0 Å². The molecule has 0 aliphatic carbocycles. The second kappa shape index (κ2) is 13.6. The molecule has 228 valence electrons. The summed E-state index contributed by atoms with van der Waals surface area (Å²) in [4.78, 5) is 41.3. The van der Waals surface area contributed by atoms with E-state index in [1.165, 1.54) is 0 Å². The maximum absolute atomic E-state index is 13.2. The smallest absolute Gasteiger partial charge is 0.486 e. The van der Waals surface area contributed by atoms with Crippen LogP contribution in [0.15, 0.2) is 65.6 Å². The molecular weight excluding hydrogens is 594 g/mol. The number of hydrogen-bond donors (Lipinski definition) is 2. The number of hydrogen-bond acceptors (Lipinski definition) is 8. The normalized spacial score (nSPS) is 12.7. The number of ether oxygens (including phenoxy) is 1. The Morgan fingerprint density at radius 2 is 1.56 bits per heavy atom. The van der Waals surface area contributed by atoms with E-state index in [4.69, 9.17) is 29.1 Å². The molecule has 1 aliphatic rings. The van der Waals surface area contributed by atoms with Gasteiger partial charge in [-0.1, -0.05) is 23.4 Å². The minimum absolute atomic E-state index is 0.0414. The zero-order chi connectivity index (χ0) is 31.8. The van der Waals surface area contributed by atoms with E-state index in [1.54, 1.807) is 18.6 Å². The summed E-state index contributed by atoms with van der Waals surface area (Å²) in [5.74, 6) is -4.08. The molecule has 0 unspecified atom stereocenters. The van der Waals surface area contributed by atoms with Gasteiger partial charge in [0.1, 0.15) is 23.8 Å². The zero-order valence-electron chi connectivity index (χ0n) is 21.6. The van der Waals surface area contributed by atoms with Crippen LogP contribution >= 0.6 is 0 Å². The van der Waals surface area contributed by atoms with Crippen LogP contribution in [-0.2, 0) is 29.2 Å². The van der Waals surface area contributed by atoms with Crippen LogP contribution in [0.25, 0.3) is 10.9 Å². The van der Waals surface area contributed by atoms with Gasteiger partial charge in [-0.2, -0.15) is 26.3 Å². The number of aliphatic carboxylic acids is 2. The van der Waals surface area contributed by atoms with Crippen molar-refractivity contribution in [2.24, 2.45) is 0 Å². The number of carboxylic acids is 2. The van der Waals surface area contributed by atoms with Gasteiger partial charge in [0.05, 0.1) is 23.8 Å².